The molecule has 1 fully saturated rings. The van der Waals surface area contributed by atoms with Crippen molar-refractivity contribution in [2.24, 2.45) is 11.1 Å². The third-order valence-corrected chi connectivity index (χ3v) is 4.61. The van der Waals surface area contributed by atoms with Gasteiger partial charge in [-0.15, -0.1) is 0 Å². The Bertz CT molecular complexity index is 383. The fourth-order valence-corrected chi connectivity index (χ4v) is 2.81. The predicted octanol–water partition coefficient (Wildman–Crippen LogP) is 1.28. The number of piperidine rings is 1. The van der Waals surface area contributed by atoms with Crippen LogP contribution in [-0.4, -0.2) is 56.0 Å². The maximum absolute atomic E-state index is 9.46. The number of aliphatic hydroxyl groups excluding tert-OH is 1. The van der Waals surface area contributed by atoms with E-state index < -0.39 is 0 Å². The number of benzene rings is 1. The van der Waals surface area contributed by atoms with E-state index in [4.69, 9.17) is 10.5 Å². The van der Waals surface area contributed by atoms with Crippen LogP contribution in [0.1, 0.15) is 18.4 Å². The summed E-state index contributed by atoms with van der Waals surface area (Å²) in [6.45, 7) is 5.36. The highest BCUT2D eigenvalue weighted by Gasteiger charge is 2.32. The fraction of sp³-hybridized carbons (Fsp3) is 0.647. The van der Waals surface area contributed by atoms with Crippen LogP contribution in [0.5, 0.6) is 0 Å². The standard InChI is InChI=1S/C17H28N2O2/c18-14-17(15-20)7-9-19(10-8-17)11-13-21-12-6-16-4-2-1-3-5-16/h1-5,20H,6-15,18H2. The molecule has 0 amide bonds. The van der Waals surface area contributed by atoms with Crippen LogP contribution in [0, 0.1) is 5.41 Å². The van der Waals surface area contributed by atoms with Crippen molar-refractivity contribution in [3.05, 3.63) is 35.9 Å². The molecule has 0 aliphatic carbocycles. The Morgan fingerprint density at radius 3 is 2.48 bits per heavy atom. The lowest BCUT2D eigenvalue weighted by Crippen LogP contribution is -2.46. The Morgan fingerprint density at radius 2 is 1.86 bits per heavy atom. The van der Waals surface area contributed by atoms with Gasteiger partial charge in [0.1, 0.15) is 0 Å². The van der Waals surface area contributed by atoms with Gasteiger partial charge in [-0.1, -0.05) is 30.3 Å². The van der Waals surface area contributed by atoms with Crippen molar-refractivity contribution in [3.8, 4) is 0 Å². The minimum atomic E-state index is -0.0370. The Hall–Kier alpha value is -0.940. The highest BCUT2D eigenvalue weighted by Crippen LogP contribution is 2.29. The first-order valence-corrected chi connectivity index (χ1v) is 7.93. The van der Waals surface area contributed by atoms with Crippen LogP contribution in [-0.2, 0) is 11.2 Å². The normalized spacial score (nSPS) is 18.8. The number of rotatable bonds is 8. The van der Waals surface area contributed by atoms with E-state index in [1.165, 1.54) is 5.56 Å². The second-order valence-electron chi connectivity index (χ2n) is 6.05. The van der Waals surface area contributed by atoms with Crippen molar-refractivity contribution in [3.63, 3.8) is 0 Å². The Labute approximate surface area is 127 Å². The van der Waals surface area contributed by atoms with Gasteiger partial charge in [0.2, 0.25) is 0 Å². The quantitative estimate of drug-likeness (QED) is 0.709. The molecule has 2 rings (SSSR count). The van der Waals surface area contributed by atoms with Gasteiger partial charge in [-0.25, -0.2) is 0 Å². The Balaban J connectivity index is 1.56. The first kappa shape index (κ1) is 16.4. The van der Waals surface area contributed by atoms with Crippen LogP contribution >= 0.6 is 0 Å². The molecular weight excluding hydrogens is 264 g/mol. The van der Waals surface area contributed by atoms with Crippen molar-refractivity contribution in [1.29, 1.82) is 0 Å². The molecule has 1 saturated heterocycles. The van der Waals surface area contributed by atoms with Gasteiger partial charge in [-0.2, -0.15) is 0 Å². The second kappa shape index (κ2) is 8.49. The maximum Gasteiger partial charge on any atom is 0.0593 e. The van der Waals surface area contributed by atoms with Crippen LogP contribution in [0.15, 0.2) is 30.3 Å². The molecule has 0 radical (unpaired) electrons. The van der Waals surface area contributed by atoms with Crippen molar-refractivity contribution < 1.29 is 9.84 Å². The first-order valence-electron chi connectivity index (χ1n) is 7.93. The monoisotopic (exact) mass is 292 g/mol. The zero-order valence-electron chi connectivity index (χ0n) is 12.8. The van der Waals surface area contributed by atoms with Gasteiger partial charge in [0, 0.05) is 25.1 Å². The highest BCUT2D eigenvalue weighted by atomic mass is 16.5. The number of nitrogens with zero attached hydrogens (tertiary/aromatic N) is 1. The molecule has 0 unspecified atom stereocenters. The number of nitrogens with two attached hydrogens (primary N) is 1. The molecule has 4 heteroatoms. The summed E-state index contributed by atoms with van der Waals surface area (Å²) >= 11 is 0. The maximum atomic E-state index is 9.46. The zero-order valence-corrected chi connectivity index (χ0v) is 12.8. The zero-order chi connectivity index (χ0) is 15.0. The van der Waals surface area contributed by atoms with E-state index in [2.05, 4.69) is 29.2 Å². The summed E-state index contributed by atoms with van der Waals surface area (Å²) in [5, 5.41) is 9.46. The minimum Gasteiger partial charge on any atom is -0.396 e. The molecule has 3 N–H and O–H groups in total. The molecule has 1 aromatic carbocycles. The molecule has 0 atom stereocenters. The van der Waals surface area contributed by atoms with E-state index in [1.54, 1.807) is 0 Å². The Morgan fingerprint density at radius 1 is 1.14 bits per heavy atom. The summed E-state index contributed by atoms with van der Waals surface area (Å²) in [6, 6.07) is 10.4. The molecule has 0 saturated carbocycles. The summed E-state index contributed by atoms with van der Waals surface area (Å²) in [7, 11) is 0. The van der Waals surface area contributed by atoms with Crippen molar-refractivity contribution in [2.45, 2.75) is 19.3 Å². The van der Waals surface area contributed by atoms with Crippen LogP contribution < -0.4 is 5.73 Å². The SMILES string of the molecule is NCC1(CO)CCN(CCOCCc2ccccc2)CC1. The number of hydrogen-bond donors (Lipinski definition) is 2. The lowest BCUT2D eigenvalue weighted by atomic mass is 9.79. The molecule has 4 nitrogen and oxygen atoms in total. The lowest BCUT2D eigenvalue weighted by Gasteiger charge is -2.39. The van der Waals surface area contributed by atoms with Crippen LogP contribution in [0.4, 0.5) is 0 Å². The third-order valence-electron chi connectivity index (χ3n) is 4.61. The molecule has 1 heterocycles. The number of hydrogen-bond acceptors (Lipinski definition) is 4. The fourth-order valence-electron chi connectivity index (χ4n) is 2.81. The van der Waals surface area contributed by atoms with E-state index in [9.17, 15) is 5.11 Å². The van der Waals surface area contributed by atoms with E-state index >= 15 is 0 Å². The van der Waals surface area contributed by atoms with Gasteiger partial charge in [0.15, 0.2) is 0 Å². The molecular formula is C17H28N2O2. The third kappa shape index (κ3) is 5.08. The molecule has 1 aliphatic heterocycles. The second-order valence-corrected chi connectivity index (χ2v) is 6.05. The summed E-state index contributed by atoms with van der Waals surface area (Å²) in [6.07, 6.45) is 2.95. The number of ether oxygens (including phenoxy) is 1. The first-order chi connectivity index (χ1) is 10.3. The molecule has 0 spiro atoms. The van der Waals surface area contributed by atoms with Crippen LogP contribution in [0.3, 0.4) is 0 Å². The highest BCUT2D eigenvalue weighted by molar-refractivity contribution is 5.14. The van der Waals surface area contributed by atoms with E-state index in [0.717, 1.165) is 52.1 Å². The molecule has 0 bridgehead atoms. The van der Waals surface area contributed by atoms with Crippen molar-refractivity contribution in [2.75, 3.05) is 46.0 Å². The molecule has 0 aromatic heterocycles. The Kier molecular flexibility index (Phi) is 6.64. The average Bonchev–Trinajstić information content (AvgIpc) is 2.56. The van der Waals surface area contributed by atoms with Crippen molar-refractivity contribution in [1.82, 2.24) is 4.90 Å². The van der Waals surface area contributed by atoms with Gasteiger partial charge < -0.3 is 20.5 Å². The summed E-state index contributed by atoms with van der Waals surface area (Å²) in [4.78, 5) is 2.41. The van der Waals surface area contributed by atoms with Gasteiger partial charge >= 0.3 is 0 Å². The van der Waals surface area contributed by atoms with Crippen molar-refractivity contribution >= 4 is 0 Å². The van der Waals surface area contributed by atoms with E-state index in [-0.39, 0.29) is 12.0 Å². The van der Waals surface area contributed by atoms with Gasteiger partial charge in [-0.3, -0.25) is 0 Å². The smallest absolute Gasteiger partial charge is 0.0593 e. The van der Waals surface area contributed by atoms with Crippen LogP contribution in [0.25, 0.3) is 0 Å². The molecule has 1 aromatic rings. The van der Waals surface area contributed by atoms with E-state index in [1.807, 2.05) is 6.07 Å². The lowest BCUT2D eigenvalue weighted by molar-refractivity contribution is 0.0345. The summed E-state index contributed by atoms with van der Waals surface area (Å²) < 4.78 is 5.73. The predicted molar refractivity (Wildman–Crippen MR) is 85.2 cm³/mol. The number of likely N-dealkylation sites (tertiary alicyclic amines) is 1. The summed E-state index contributed by atoms with van der Waals surface area (Å²) in [5.41, 5.74) is 7.07. The average molecular weight is 292 g/mol. The molecule has 21 heavy (non-hydrogen) atoms. The van der Waals surface area contributed by atoms with Gasteiger partial charge in [0.25, 0.3) is 0 Å². The molecule has 118 valence electrons. The van der Waals surface area contributed by atoms with Crippen LogP contribution in [0.2, 0.25) is 0 Å². The van der Waals surface area contributed by atoms with E-state index in [0.29, 0.717) is 6.54 Å². The topological polar surface area (TPSA) is 58.7 Å². The van der Waals surface area contributed by atoms with Gasteiger partial charge in [0.05, 0.1) is 13.2 Å². The minimum absolute atomic E-state index is 0.0370. The summed E-state index contributed by atoms with van der Waals surface area (Å²) in [5.74, 6) is 0. The molecule has 1 aliphatic rings. The van der Waals surface area contributed by atoms with Gasteiger partial charge in [-0.05, 0) is 37.9 Å². The number of aliphatic hydroxyl groups is 1. The largest absolute Gasteiger partial charge is 0.396 e.